The molecule has 1 fully saturated rings. The summed E-state index contributed by atoms with van der Waals surface area (Å²) in [4.78, 5) is 4.28. The number of unbranched alkanes of at least 4 members (excludes halogenated alkanes) is 1. The lowest BCUT2D eigenvalue weighted by Gasteiger charge is -2.54. The molecule has 5 heteroatoms. The first-order chi connectivity index (χ1) is 19.0. The lowest BCUT2D eigenvalue weighted by molar-refractivity contribution is -0.157. The third-order valence-corrected chi connectivity index (χ3v) is 8.61. The fraction of sp³-hybridized carbons (Fsp3) is 0.694. The van der Waals surface area contributed by atoms with Gasteiger partial charge in [0, 0.05) is 24.8 Å². The van der Waals surface area contributed by atoms with Crippen LogP contribution in [0.2, 0.25) is 0 Å². The normalized spacial score (nSPS) is 18.5. The molecule has 1 aromatic carbocycles. The van der Waals surface area contributed by atoms with E-state index in [1.54, 1.807) is 14.2 Å². The third kappa shape index (κ3) is 10.9. The molecular formula is C36H59F2NO2. The zero-order valence-corrected chi connectivity index (χ0v) is 27.9. The summed E-state index contributed by atoms with van der Waals surface area (Å²) in [6.45, 7) is 23.9. The van der Waals surface area contributed by atoms with E-state index < -0.39 is 11.3 Å². The van der Waals surface area contributed by atoms with Crippen LogP contribution >= 0.6 is 0 Å². The van der Waals surface area contributed by atoms with E-state index in [9.17, 15) is 8.78 Å². The Morgan fingerprint density at radius 1 is 1.00 bits per heavy atom. The number of hydrogen-bond acceptors (Lipinski definition) is 3. The van der Waals surface area contributed by atoms with Crippen LogP contribution in [0.5, 0.6) is 5.75 Å². The van der Waals surface area contributed by atoms with Crippen molar-refractivity contribution in [3.63, 3.8) is 0 Å². The number of methoxy groups -OCH3 is 1. The Bertz CT molecular complexity index is 975. The van der Waals surface area contributed by atoms with Crippen molar-refractivity contribution in [3.8, 4) is 5.75 Å². The van der Waals surface area contributed by atoms with Gasteiger partial charge in [-0.1, -0.05) is 86.6 Å². The second-order valence-electron chi connectivity index (χ2n) is 13.6. The Kier molecular flexibility index (Phi) is 14.3. The van der Waals surface area contributed by atoms with Gasteiger partial charge < -0.3 is 9.47 Å². The first kappa shape index (κ1) is 36.9. The highest BCUT2D eigenvalue weighted by atomic mass is 19.3. The SMILES string of the molecule is C=C(C)C(F)(F)C1(CC)CC(C)(C)CC(C)(C)C1.C=C(OC(CCc1ccc(OC)cc1)=NC)C(CC)CCCC. The quantitative estimate of drug-likeness (QED) is 0.101. The van der Waals surface area contributed by atoms with Crippen molar-refractivity contribution >= 4 is 5.90 Å². The fourth-order valence-electron chi connectivity index (χ4n) is 6.99. The molecule has 1 aliphatic rings. The number of aryl methyl sites for hydroxylation is 1. The Balaban J connectivity index is 0.000000422. The summed E-state index contributed by atoms with van der Waals surface area (Å²) in [5, 5.41) is 0. The zero-order chi connectivity index (χ0) is 31.5. The molecule has 0 saturated heterocycles. The van der Waals surface area contributed by atoms with Crippen LogP contribution in [0.15, 0.2) is 53.7 Å². The molecule has 234 valence electrons. The summed E-state index contributed by atoms with van der Waals surface area (Å²) in [7, 11) is 3.46. The second-order valence-corrected chi connectivity index (χ2v) is 13.6. The zero-order valence-electron chi connectivity index (χ0n) is 27.9. The number of nitrogens with zero attached hydrogens (tertiary/aromatic N) is 1. The van der Waals surface area contributed by atoms with Crippen LogP contribution in [-0.2, 0) is 11.2 Å². The van der Waals surface area contributed by atoms with Crippen molar-refractivity contribution in [1.82, 2.24) is 0 Å². The highest BCUT2D eigenvalue weighted by Crippen LogP contribution is 2.62. The molecule has 1 saturated carbocycles. The van der Waals surface area contributed by atoms with Gasteiger partial charge in [0.2, 0.25) is 0 Å². The van der Waals surface area contributed by atoms with Gasteiger partial charge in [-0.3, -0.25) is 4.99 Å². The molecule has 1 unspecified atom stereocenters. The second kappa shape index (κ2) is 15.9. The number of allylic oxidation sites excluding steroid dienone is 2. The molecule has 1 atom stereocenters. The molecule has 0 amide bonds. The number of hydrogen-bond donors (Lipinski definition) is 0. The Labute approximate surface area is 250 Å². The third-order valence-electron chi connectivity index (χ3n) is 8.61. The molecule has 0 N–H and O–H groups in total. The van der Waals surface area contributed by atoms with Crippen LogP contribution in [0.1, 0.15) is 119 Å². The molecule has 41 heavy (non-hydrogen) atoms. The lowest BCUT2D eigenvalue weighted by atomic mass is 9.52. The summed E-state index contributed by atoms with van der Waals surface area (Å²) < 4.78 is 40.5. The van der Waals surface area contributed by atoms with Gasteiger partial charge in [0.15, 0.2) is 5.90 Å². The Hall–Kier alpha value is -2.17. The molecule has 0 heterocycles. The van der Waals surface area contributed by atoms with E-state index in [4.69, 9.17) is 9.47 Å². The molecule has 0 bridgehead atoms. The van der Waals surface area contributed by atoms with Crippen LogP contribution in [0, 0.1) is 22.2 Å². The number of ether oxygens (including phenoxy) is 2. The van der Waals surface area contributed by atoms with Crippen LogP contribution in [-0.4, -0.2) is 26.0 Å². The molecule has 1 aliphatic carbocycles. The number of alkyl halides is 2. The van der Waals surface area contributed by atoms with Gasteiger partial charge in [-0.05, 0) is 86.0 Å². The first-order valence-corrected chi connectivity index (χ1v) is 15.5. The topological polar surface area (TPSA) is 30.8 Å². The smallest absolute Gasteiger partial charge is 0.274 e. The lowest BCUT2D eigenvalue weighted by Crippen LogP contribution is -2.51. The monoisotopic (exact) mass is 575 g/mol. The van der Waals surface area contributed by atoms with Gasteiger partial charge in [-0.25, -0.2) is 8.78 Å². The summed E-state index contributed by atoms with van der Waals surface area (Å²) in [6.07, 6.45) is 8.99. The van der Waals surface area contributed by atoms with Crippen LogP contribution in [0.25, 0.3) is 0 Å². The van der Waals surface area contributed by atoms with Crippen molar-refractivity contribution in [2.75, 3.05) is 14.2 Å². The predicted molar refractivity (Wildman–Crippen MR) is 172 cm³/mol. The maximum absolute atomic E-state index is 14.7. The molecule has 0 spiro atoms. The molecular weight excluding hydrogens is 516 g/mol. The summed E-state index contributed by atoms with van der Waals surface area (Å²) >= 11 is 0. The fourth-order valence-corrected chi connectivity index (χ4v) is 6.99. The van der Waals surface area contributed by atoms with Crippen molar-refractivity contribution in [1.29, 1.82) is 0 Å². The molecule has 0 aromatic heterocycles. The average molecular weight is 576 g/mol. The maximum Gasteiger partial charge on any atom is 0.274 e. The maximum atomic E-state index is 14.7. The minimum absolute atomic E-state index is 0.0119. The summed E-state index contributed by atoms with van der Waals surface area (Å²) in [6, 6.07) is 8.12. The standard InChI is InChI=1S/C20H31NO2.C16H28F2/c1-6-8-9-18(7-2)16(3)23-20(21-4)15-12-17-10-13-19(22-5)14-11-17;1-8-15(16(17,18)12(2)3)10-13(4,5)9-14(6,7)11-15/h10-11,13-14,18H,3,6-9,12,15H2,1-2,4-5H3;2,8-11H2,1,3-7H3. The number of aliphatic imine (C=N–C) groups is 1. The van der Waals surface area contributed by atoms with Gasteiger partial charge in [-0.15, -0.1) is 0 Å². The van der Waals surface area contributed by atoms with Crippen molar-refractivity contribution in [2.24, 2.45) is 27.2 Å². The highest BCUT2D eigenvalue weighted by Gasteiger charge is 2.59. The predicted octanol–water partition coefficient (Wildman–Crippen LogP) is 11.2. The van der Waals surface area contributed by atoms with Crippen LogP contribution in [0.4, 0.5) is 8.78 Å². The van der Waals surface area contributed by atoms with Crippen LogP contribution < -0.4 is 4.74 Å². The Morgan fingerprint density at radius 3 is 1.98 bits per heavy atom. The van der Waals surface area contributed by atoms with E-state index in [0.29, 0.717) is 25.2 Å². The van der Waals surface area contributed by atoms with Gasteiger partial charge in [-0.2, -0.15) is 0 Å². The Morgan fingerprint density at radius 2 is 1.56 bits per heavy atom. The molecule has 2 rings (SSSR count). The van der Waals surface area contributed by atoms with Crippen molar-refractivity contribution in [2.45, 2.75) is 126 Å². The summed E-state index contributed by atoms with van der Waals surface area (Å²) in [5.41, 5.74) is 0.272. The summed E-state index contributed by atoms with van der Waals surface area (Å²) in [5.74, 6) is 0.158. The van der Waals surface area contributed by atoms with E-state index in [1.807, 2.05) is 19.1 Å². The van der Waals surface area contributed by atoms with Crippen molar-refractivity contribution < 1.29 is 18.3 Å². The number of benzene rings is 1. The van der Waals surface area contributed by atoms with E-state index in [2.05, 4.69) is 71.8 Å². The van der Waals surface area contributed by atoms with Gasteiger partial charge in [0.1, 0.15) is 11.5 Å². The average Bonchev–Trinajstić information content (AvgIpc) is 2.90. The van der Waals surface area contributed by atoms with Gasteiger partial charge >= 0.3 is 0 Å². The molecule has 0 radical (unpaired) electrons. The minimum atomic E-state index is -2.77. The minimum Gasteiger partial charge on any atom is -0.497 e. The van der Waals surface area contributed by atoms with E-state index >= 15 is 0 Å². The van der Waals surface area contributed by atoms with Gasteiger partial charge in [0.25, 0.3) is 5.92 Å². The van der Waals surface area contributed by atoms with Crippen LogP contribution in [0.3, 0.4) is 0 Å². The van der Waals surface area contributed by atoms with E-state index in [0.717, 1.165) is 49.5 Å². The number of halogens is 2. The van der Waals surface area contributed by atoms with Gasteiger partial charge in [0.05, 0.1) is 7.11 Å². The molecule has 1 aromatic rings. The van der Waals surface area contributed by atoms with Crippen molar-refractivity contribution in [3.05, 3.63) is 54.3 Å². The van der Waals surface area contributed by atoms with E-state index in [1.165, 1.54) is 25.3 Å². The first-order valence-electron chi connectivity index (χ1n) is 15.5. The largest absolute Gasteiger partial charge is 0.497 e. The molecule has 3 nitrogen and oxygen atoms in total. The van der Waals surface area contributed by atoms with E-state index in [-0.39, 0.29) is 16.4 Å². The highest BCUT2D eigenvalue weighted by molar-refractivity contribution is 5.77. The number of rotatable bonds is 13. The molecule has 0 aliphatic heterocycles.